The highest BCUT2D eigenvalue weighted by atomic mass is 16.7. The lowest BCUT2D eigenvalue weighted by molar-refractivity contribution is -0.574. The summed E-state index contributed by atoms with van der Waals surface area (Å²) in [5.41, 5.74) is 2.09. The molecular weight excluding hydrogens is 284 g/mol. The first-order valence-corrected chi connectivity index (χ1v) is 6.77. The van der Waals surface area contributed by atoms with Crippen molar-refractivity contribution in [2.24, 2.45) is 5.16 Å². The molecule has 2 aromatic carbocycles. The number of hydrogen-bond acceptors (Lipinski definition) is 5. The van der Waals surface area contributed by atoms with Crippen LogP contribution in [0.15, 0.2) is 59.8 Å². The average Bonchev–Trinajstić information content (AvgIpc) is 3.01. The fourth-order valence-corrected chi connectivity index (χ4v) is 2.52. The van der Waals surface area contributed by atoms with E-state index < -0.39 is 17.1 Å². The predicted molar refractivity (Wildman–Crippen MR) is 80.6 cm³/mol. The van der Waals surface area contributed by atoms with Gasteiger partial charge in [-0.3, -0.25) is 10.1 Å². The van der Waals surface area contributed by atoms with Gasteiger partial charge < -0.3 is 9.57 Å². The van der Waals surface area contributed by atoms with Crippen LogP contribution in [-0.4, -0.2) is 24.0 Å². The zero-order valence-electron chi connectivity index (χ0n) is 11.9. The topological polar surface area (TPSA) is 74.0 Å². The quantitative estimate of drug-likeness (QED) is 0.642. The third-order valence-corrected chi connectivity index (χ3v) is 3.57. The summed E-state index contributed by atoms with van der Waals surface area (Å²) in [5.74, 6) is 0.0615. The Kier molecular flexibility index (Phi) is 3.74. The van der Waals surface area contributed by atoms with Gasteiger partial charge in [0.2, 0.25) is 0 Å². The SMILES string of the molecule is COc1cccc(C2C(c3ccccc3)=NOC2[N+](=O)[O-])c1. The summed E-state index contributed by atoms with van der Waals surface area (Å²) >= 11 is 0. The lowest BCUT2D eigenvalue weighted by Gasteiger charge is -2.14. The molecule has 3 rings (SSSR count). The third kappa shape index (κ3) is 2.50. The first-order chi connectivity index (χ1) is 10.7. The van der Waals surface area contributed by atoms with E-state index in [1.54, 1.807) is 25.3 Å². The molecule has 112 valence electrons. The summed E-state index contributed by atoms with van der Waals surface area (Å²) in [7, 11) is 1.56. The largest absolute Gasteiger partial charge is 0.497 e. The normalized spacial score (nSPS) is 20.1. The molecule has 0 radical (unpaired) electrons. The molecule has 0 aromatic heterocycles. The standard InChI is InChI=1S/C16H14N2O4/c1-21-13-9-5-8-12(10-13)14-15(11-6-3-2-4-7-11)17-22-16(14)18(19)20/h2-10,14,16H,1H3. The Balaban J connectivity index is 2.05. The van der Waals surface area contributed by atoms with Crippen LogP contribution in [0.2, 0.25) is 0 Å². The molecule has 0 spiro atoms. The molecule has 22 heavy (non-hydrogen) atoms. The summed E-state index contributed by atoms with van der Waals surface area (Å²) in [6.07, 6.45) is -1.23. The van der Waals surface area contributed by atoms with Gasteiger partial charge in [0.15, 0.2) is 0 Å². The van der Waals surface area contributed by atoms with Gasteiger partial charge in [0.05, 0.1) is 12.0 Å². The van der Waals surface area contributed by atoms with Crippen molar-refractivity contribution >= 4 is 5.71 Å². The van der Waals surface area contributed by atoms with E-state index in [2.05, 4.69) is 5.16 Å². The molecule has 2 unspecified atom stereocenters. The van der Waals surface area contributed by atoms with Crippen LogP contribution in [-0.2, 0) is 4.84 Å². The minimum atomic E-state index is -1.23. The van der Waals surface area contributed by atoms with Crippen LogP contribution in [0.4, 0.5) is 0 Å². The van der Waals surface area contributed by atoms with Gasteiger partial charge in [-0.1, -0.05) is 47.6 Å². The minimum Gasteiger partial charge on any atom is -0.497 e. The number of ether oxygens (including phenoxy) is 1. The third-order valence-electron chi connectivity index (χ3n) is 3.57. The van der Waals surface area contributed by atoms with E-state index in [4.69, 9.17) is 9.57 Å². The first-order valence-electron chi connectivity index (χ1n) is 6.77. The monoisotopic (exact) mass is 298 g/mol. The highest BCUT2D eigenvalue weighted by molar-refractivity contribution is 6.05. The van der Waals surface area contributed by atoms with Crippen molar-refractivity contribution in [3.05, 3.63) is 75.8 Å². The molecule has 1 aliphatic heterocycles. The fourth-order valence-electron chi connectivity index (χ4n) is 2.52. The number of hydrogen-bond donors (Lipinski definition) is 0. The lowest BCUT2D eigenvalue weighted by atomic mass is 9.89. The Hall–Kier alpha value is -2.89. The highest BCUT2D eigenvalue weighted by Gasteiger charge is 2.44. The second kappa shape index (κ2) is 5.85. The number of rotatable bonds is 4. The van der Waals surface area contributed by atoms with Gasteiger partial charge in [-0.2, -0.15) is 0 Å². The van der Waals surface area contributed by atoms with Gasteiger partial charge >= 0.3 is 6.23 Å². The van der Waals surface area contributed by atoms with E-state index >= 15 is 0 Å². The zero-order chi connectivity index (χ0) is 15.5. The van der Waals surface area contributed by atoms with Crippen molar-refractivity contribution in [3.8, 4) is 5.75 Å². The molecule has 6 heteroatoms. The van der Waals surface area contributed by atoms with E-state index in [9.17, 15) is 10.1 Å². The molecule has 0 bridgehead atoms. The molecule has 2 aromatic rings. The van der Waals surface area contributed by atoms with Gasteiger partial charge in [-0.25, -0.2) is 0 Å². The molecule has 0 saturated heterocycles. The van der Waals surface area contributed by atoms with Gasteiger partial charge in [0, 0.05) is 5.56 Å². The van der Waals surface area contributed by atoms with Crippen LogP contribution in [0.1, 0.15) is 17.0 Å². The van der Waals surface area contributed by atoms with E-state index in [1.165, 1.54) is 0 Å². The minimum absolute atomic E-state index is 0.455. The molecule has 0 N–H and O–H groups in total. The van der Waals surface area contributed by atoms with Gasteiger partial charge in [-0.15, -0.1) is 0 Å². The zero-order valence-corrected chi connectivity index (χ0v) is 11.9. The second-order valence-electron chi connectivity index (χ2n) is 4.88. The van der Waals surface area contributed by atoms with Gasteiger partial charge in [0.1, 0.15) is 17.4 Å². The summed E-state index contributed by atoms with van der Waals surface area (Å²) in [6.45, 7) is 0. The molecule has 0 amide bonds. The molecule has 0 fully saturated rings. The van der Waals surface area contributed by atoms with Crippen LogP contribution in [0, 0.1) is 10.1 Å². The van der Waals surface area contributed by atoms with Crippen molar-refractivity contribution in [1.82, 2.24) is 0 Å². The van der Waals surface area contributed by atoms with E-state index in [0.717, 1.165) is 11.1 Å². The molecule has 1 aliphatic rings. The number of methoxy groups -OCH3 is 1. The van der Waals surface area contributed by atoms with Crippen molar-refractivity contribution in [3.63, 3.8) is 0 Å². The molecule has 0 saturated carbocycles. The summed E-state index contributed by atoms with van der Waals surface area (Å²) in [5, 5.41) is 15.2. The van der Waals surface area contributed by atoms with E-state index in [-0.39, 0.29) is 0 Å². The number of nitro groups is 1. The molecule has 0 aliphatic carbocycles. The fraction of sp³-hybridized carbons (Fsp3) is 0.188. The Morgan fingerprint density at radius 3 is 2.64 bits per heavy atom. The number of nitrogens with zero attached hydrogens (tertiary/aromatic N) is 2. The number of oxime groups is 1. The summed E-state index contributed by atoms with van der Waals surface area (Å²) in [4.78, 5) is 15.9. The van der Waals surface area contributed by atoms with Gasteiger partial charge in [0.25, 0.3) is 0 Å². The molecule has 6 nitrogen and oxygen atoms in total. The maximum Gasteiger partial charge on any atom is 0.387 e. The van der Waals surface area contributed by atoms with Gasteiger partial charge in [-0.05, 0) is 17.7 Å². The second-order valence-corrected chi connectivity index (χ2v) is 4.88. The Labute approximate surface area is 127 Å². The molecule has 1 heterocycles. The lowest BCUT2D eigenvalue weighted by Crippen LogP contribution is -2.29. The Morgan fingerprint density at radius 2 is 1.95 bits per heavy atom. The molecular formula is C16H14N2O4. The van der Waals surface area contributed by atoms with Crippen LogP contribution >= 0.6 is 0 Å². The summed E-state index contributed by atoms with van der Waals surface area (Å²) < 4.78 is 5.20. The van der Waals surface area contributed by atoms with E-state index in [0.29, 0.717) is 11.5 Å². The van der Waals surface area contributed by atoms with E-state index in [1.807, 2.05) is 36.4 Å². The average molecular weight is 298 g/mol. The van der Waals surface area contributed by atoms with Crippen molar-refractivity contribution in [2.75, 3.05) is 7.11 Å². The summed E-state index contributed by atoms with van der Waals surface area (Å²) in [6, 6.07) is 16.5. The van der Waals surface area contributed by atoms with Crippen LogP contribution in [0.25, 0.3) is 0 Å². The first kappa shape index (κ1) is 14.1. The molecule has 2 atom stereocenters. The van der Waals surface area contributed by atoms with Crippen LogP contribution in [0.3, 0.4) is 0 Å². The Morgan fingerprint density at radius 1 is 1.18 bits per heavy atom. The predicted octanol–water partition coefficient (Wildman–Crippen LogP) is 2.82. The Bertz CT molecular complexity index is 715. The van der Waals surface area contributed by atoms with Crippen molar-refractivity contribution < 1.29 is 14.5 Å². The van der Waals surface area contributed by atoms with Crippen molar-refractivity contribution in [2.45, 2.75) is 12.1 Å². The highest BCUT2D eigenvalue weighted by Crippen LogP contribution is 2.34. The maximum absolute atomic E-state index is 11.3. The smallest absolute Gasteiger partial charge is 0.387 e. The van der Waals surface area contributed by atoms with Crippen LogP contribution in [0.5, 0.6) is 5.75 Å². The maximum atomic E-state index is 11.3. The van der Waals surface area contributed by atoms with Crippen molar-refractivity contribution in [1.29, 1.82) is 0 Å². The number of benzene rings is 2. The van der Waals surface area contributed by atoms with Crippen LogP contribution < -0.4 is 4.74 Å².